The molecule has 2 aromatic heterocycles. The number of Topliss-reactive ketones (excluding diaryl/α,β-unsaturated/α-hetero) is 1. The van der Waals surface area contributed by atoms with Crippen LogP contribution in [-0.2, 0) is 0 Å². The number of ether oxygens (including phenoxy) is 1. The van der Waals surface area contributed by atoms with Gasteiger partial charge in [-0.3, -0.25) is 4.79 Å². The molecule has 2 aromatic carbocycles. The van der Waals surface area contributed by atoms with Gasteiger partial charge in [0.1, 0.15) is 29.7 Å². The zero-order chi connectivity index (χ0) is 21.1. The topological polar surface area (TPSA) is 101 Å². The van der Waals surface area contributed by atoms with Gasteiger partial charge in [-0.25, -0.2) is 19.9 Å². The van der Waals surface area contributed by atoms with E-state index in [-0.39, 0.29) is 11.6 Å². The summed E-state index contributed by atoms with van der Waals surface area (Å²) >= 11 is 0. The maximum absolute atomic E-state index is 11.4. The Bertz CT molecular complexity index is 1190. The number of rotatable bonds is 6. The molecule has 4 rings (SSSR count). The molecule has 0 spiro atoms. The van der Waals surface area contributed by atoms with Gasteiger partial charge >= 0.3 is 0 Å². The van der Waals surface area contributed by atoms with Gasteiger partial charge in [-0.2, -0.15) is 0 Å². The first-order chi connectivity index (χ1) is 14.5. The van der Waals surface area contributed by atoms with Crippen LogP contribution in [0.4, 0.5) is 11.5 Å². The maximum atomic E-state index is 11.4. The van der Waals surface area contributed by atoms with Gasteiger partial charge in [-0.1, -0.05) is 12.1 Å². The Kier molecular flexibility index (Phi) is 5.32. The Labute approximate surface area is 172 Å². The van der Waals surface area contributed by atoms with E-state index in [1.54, 1.807) is 0 Å². The summed E-state index contributed by atoms with van der Waals surface area (Å²) in [6.45, 7) is 1.27. The van der Waals surface area contributed by atoms with Crippen LogP contribution in [0.25, 0.3) is 10.9 Å². The Hall–Kier alpha value is -3.91. The number of ketones is 1. The van der Waals surface area contributed by atoms with Gasteiger partial charge in [0.05, 0.1) is 17.9 Å². The summed E-state index contributed by atoms with van der Waals surface area (Å²) in [5, 5.41) is 9.83. The molecule has 150 valence electrons. The zero-order valence-corrected chi connectivity index (χ0v) is 16.5. The molecule has 30 heavy (non-hydrogen) atoms. The van der Waals surface area contributed by atoms with E-state index in [1.165, 1.54) is 12.4 Å². The number of carbonyl (C=O) groups is 1. The summed E-state index contributed by atoms with van der Waals surface area (Å²) in [5.41, 5.74) is 1.92. The van der Waals surface area contributed by atoms with Crippen molar-refractivity contribution >= 4 is 28.2 Å². The number of anilines is 2. The average Bonchev–Trinajstić information content (AvgIpc) is 2.78. The number of nitrogens with zero attached hydrogens (tertiary/aromatic N) is 5. The fourth-order valence-electron chi connectivity index (χ4n) is 3.00. The lowest BCUT2D eigenvalue weighted by atomic mass is 10.2. The first kappa shape index (κ1) is 19.4. The number of aliphatic hydroxyl groups excluding tert-OH is 1. The highest BCUT2D eigenvalue weighted by Gasteiger charge is 2.12. The van der Waals surface area contributed by atoms with Crippen LogP contribution in [0.15, 0.2) is 60.9 Å². The van der Waals surface area contributed by atoms with Gasteiger partial charge in [0.2, 0.25) is 11.7 Å². The zero-order valence-electron chi connectivity index (χ0n) is 16.5. The number of aliphatic hydroxyl groups is 1. The minimum Gasteiger partial charge on any atom is -0.438 e. The number of hydrogen-bond donors (Lipinski definition) is 1. The van der Waals surface area contributed by atoms with E-state index in [9.17, 15) is 4.79 Å². The second kappa shape index (κ2) is 8.22. The van der Waals surface area contributed by atoms with Crippen LogP contribution >= 0.6 is 0 Å². The number of hydrogen-bond acceptors (Lipinski definition) is 8. The van der Waals surface area contributed by atoms with Crippen molar-refractivity contribution in [3.63, 3.8) is 0 Å². The van der Waals surface area contributed by atoms with Gasteiger partial charge in [0.25, 0.3) is 0 Å². The molecule has 8 heteroatoms. The van der Waals surface area contributed by atoms with Crippen molar-refractivity contribution < 1.29 is 14.6 Å². The fraction of sp³-hybridized carbons (Fsp3) is 0.136. The molecule has 0 fully saturated rings. The highest BCUT2D eigenvalue weighted by Crippen LogP contribution is 2.30. The highest BCUT2D eigenvalue weighted by atomic mass is 16.5. The molecule has 0 aliphatic carbocycles. The normalized spacial score (nSPS) is 10.8. The van der Waals surface area contributed by atoms with Crippen molar-refractivity contribution in [3.8, 4) is 11.6 Å². The molecule has 0 unspecified atom stereocenters. The molecule has 1 N–H and O–H groups in total. The number of aryl methyl sites for hydroxylation is 1. The lowest BCUT2D eigenvalue weighted by molar-refractivity contribution is 0.0898. The average molecular weight is 401 g/mol. The first-order valence-corrected chi connectivity index (χ1v) is 9.26. The lowest BCUT2D eigenvalue weighted by Crippen LogP contribution is -2.12. The van der Waals surface area contributed by atoms with Gasteiger partial charge in [0, 0.05) is 18.1 Å². The van der Waals surface area contributed by atoms with E-state index in [2.05, 4.69) is 19.9 Å². The van der Waals surface area contributed by atoms with Crippen molar-refractivity contribution in [1.82, 2.24) is 19.9 Å². The van der Waals surface area contributed by atoms with Crippen molar-refractivity contribution in [2.45, 2.75) is 6.92 Å². The van der Waals surface area contributed by atoms with Crippen LogP contribution < -0.4 is 9.64 Å². The number of benzene rings is 2. The van der Waals surface area contributed by atoms with E-state index in [4.69, 9.17) is 9.84 Å². The Morgan fingerprint density at radius 3 is 2.50 bits per heavy atom. The smallest absolute Gasteiger partial charge is 0.237 e. The van der Waals surface area contributed by atoms with Crippen LogP contribution in [0.2, 0.25) is 0 Å². The van der Waals surface area contributed by atoms with Gasteiger partial charge in [-0.15, -0.1) is 0 Å². The monoisotopic (exact) mass is 401 g/mol. The number of aromatic nitrogens is 4. The molecule has 0 saturated carbocycles. The third-order valence-electron chi connectivity index (χ3n) is 4.52. The summed E-state index contributed by atoms with van der Waals surface area (Å²) in [7, 11) is 1.95. The minimum absolute atomic E-state index is 0.0918. The van der Waals surface area contributed by atoms with Gasteiger partial charge in [-0.05, 0) is 43.3 Å². The number of fused-ring (bicyclic) bond motifs is 1. The SMILES string of the molecule is Cc1nc(N(C)c2ccc(Oc3cnc(C(=O)CO)cn3)cc2)c2ccccc2n1. The Balaban J connectivity index is 1.54. The van der Waals surface area contributed by atoms with Crippen molar-refractivity contribution in [2.75, 3.05) is 18.6 Å². The molecule has 8 nitrogen and oxygen atoms in total. The Morgan fingerprint density at radius 2 is 1.80 bits per heavy atom. The van der Waals surface area contributed by atoms with Gasteiger partial charge in [0.15, 0.2) is 0 Å². The molecule has 0 radical (unpaired) electrons. The van der Waals surface area contributed by atoms with Crippen LogP contribution in [0.3, 0.4) is 0 Å². The summed E-state index contributed by atoms with van der Waals surface area (Å²) in [4.78, 5) is 30.5. The Morgan fingerprint density at radius 1 is 1.03 bits per heavy atom. The van der Waals surface area contributed by atoms with Crippen LogP contribution in [0.1, 0.15) is 16.3 Å². The molecule has 2 heterocycles. The van der Waals surface area contributed by atoms with Crippen molar-refractivity contribution in [3.05, 3.63) is 72.4 Å². The third kappa shape index (κ3) is 3.94. The summed E-state index contributed by atoms with van der Waals surface area (Å²) in [5.74, 6) is 1.86. The number of carbonyl (C=O) groups excluding carboxylic acids is 1. The van der Waals surface area contributed by atoms with Crippen molar-refractivity contribution in [2.24, 2.45) is 0 Å². The summed E-state index contributed by atoms with van der Waals surface area (Å²) in [6.07, 6.45) is 2.62. The predicted octanol–water partition coefficient (Wildman–Crippen LogP) is 3.46. The summed E-state index contributed by atoms with van der Waals surface area (Å²) in [6, 6.07) is 15.4. The molecule has 0 aliphatic rings. The highest BCUT2D eigenvalue weighted by molar-refractivity contribution is 5.94. The van der Waals surface area contributed by atoms with E-state index in [0.717, 1.165) is 22.4 Å². The van der Waals surface area contributed by atoms with E-state index >= 15 is 0 Å². The van der Waals surface area contributed by atoms with Crippen molar-refractivity contribution in [1.29, 1.82) is 0 Å². The third-order valence-corrected chi connectivity index (χ3v) is 4.52. The van der Waals surface area contributed by atoms with Gasteiger partial charge < -0.3 is 14.7 Å². The molecule has 4 aromatic rings. The molecular formula is C22H19N5O3. The van der Waals surface area contributed by atoms with E-state index in [0.29, 0.717) is 11.6 Å². The van der Waals surface area contributed by atoms with Crippen LogP contribution in [0.5, 0.6) is 11.6 Å². The van der Waals surface area contributed by atoms with Crippen LogP contribution in [-0.4, -0.2) is 44.5 Å². The van der Waals surface area contributed by atoms with E-state index < -0.39 is 12.4 Å². The molecule has 0 amide bonds. The maximum Gasteiger partial charge on any atom is 0.237 e. The second-order valence-electron chi connectivity index (χ2n) is 6.59. The predicted molar refractivity (Wildman–Crippen MR) is 112 cm³/mol. The number of para-hydroxylation sites is 1. The first-order valence-electron chi connectivity index (χ1n) is 9.26. The molecular weight excluding hydrogens is 382 g/mol. The minimum atomic E-state index is -0.606. The quantitative estimate of drug-likeness (QED) is 0.490. The molecule has 0 aliphatic heterocycles. The fourth-order valence-corrected chi connectivity index (χ4v) is 3.00. The standard InChI is InChI=1S/C22H19N5O3/c1-14-25-18-6-4-3-5-17(18)22(26-14)27(2)15-7-9-16(10-8-15)30-21-12-23-19(11-24-21)20(29)13-28/h3-12,28H,13H2,1-2H3. The molecule has 0 bridgehead atoms. The second-order valence-corrected chi connectivity index (χ2v) is 6.59. The summed E-state index contributed by atoms with van der Waals surface area (Å²) < 4.78 is 5.68. The largest absolute Gasteiger partial charge is 0.438 e. The lowest BCUT2D eigenvalue weighted by Gasteiger charge is -2.20. The van der Waals surface area contributed by atoms with E-state index in [1.807, 2.05) is 67.4 Å². The molecule has 0 saturated heterocycles. The molecule has 0 atom stereocenters. The van der Waals surface area contributed by atoms with Crippen LogP contribution in [0, 0.1) is 6.92 Å².